The second-order valence-corrected chi connectivity index (χ2v) is 7.71. The summed E-state index contributed by atoms with van der Waals surface area (Å²) in [4.78, 5) is 28.5. The molecule has 37 heavy (non-hydrogen) atoms. The average Bonchev–Trinajstić information content (AvgIpc) is 2.87. The number of fused-ring (bicyclic) bond motifs is 1. The number of nitrogens with one attached hydrogen (secondary N) is 2. The van der Waals surface area contributed by atoms with Gasteiger partial charge in [0.15, 0.2) is 0 Å². The molecule has 0 aliphatic heterocycles. The first-order valence-electron chi connectivity index (χ1n) is 11.0. The quantitative estimate of drug-likeness (QED) is 0.271. The molecule has 0 bridgehead atoms. The first kappa shape index (κ1) is 25.3. The molecule has 3 amide bonds. The summed E-state index contributed by atoms with van der Waals surface area (Å²) in [6.45, 7) is 0.525. The van der Waals surface area contributed by atoms with Crippen LogP contribution in [-0.2, 0) is 4.74 Å². The minimum atomic E-state index is -0.753. The second kappa shape index (κ2) is 11.3. The molecule has 9 nitrogen and oxygen atoms in total. The predicted molar refractivity (Wildman–Crippen MR) is 133 cm³/mol. The molecular formula is C26H22F2N4O5. The summed E-state index contributed by atoms with van der Waals surface area (Å²) in [6.07, 6.45) is 1.49. The Morgan fingerprint density at radius 3 is 2.43 bits per heavy atom. The van der Waals surface area contributed by atoms with Gasteiger partial charge in [-0.25, -0.2) is 13.6 Å². The highest BCUT2D eigenvalue weighted by Crippen LogP contribution is 2.34. The first-order valence-corrected chi connectivity index (χ1v) is 11.0. The van der Waals surface area contributed by atoms with E-state index >= 15 is 0 Å². The summed E-state index contributed by atoms with van der Waals surface area (Å²) >= 11 is 0. The maximum absolute atomic E-state index is 14.7. The van der Waals surface area contributed by atoms with E-state index in [2.05, 4.69) is 15.6 Å². The van der Waals surface area contributed by atoms with E-state index in [4.69, 9.17) is 19.9 Å². The zero-order valence-corrected chi connectivity index (χ0v) is 19.6. The van der Waals surface area contributed by atoms with Crippen molar-refractivity contribution in [1.82, 2.24) is 4.98 Å². The fourth-order valence-electron chi connectivity index (χ4n) is 3.39. The minimum absolute atomic E-state index is 0.0968. The van der Waals surface area contributed by atoms with Gasteiger partial charge in [-0.05, 0) is 48.5 Å². The number of amides is 3. The van der Waals surface area contributed by atoms with Crippen LogP contribution in [0.4, 0.5) is 25.0 Å². The molecule has 1 aromatic heterocycles. The van der Waals surface area contributed by atoms with Gasteiger partial charge in [-0.1, -0.05) is 0 Å². The number of ether oxygens (including phenoxy) is 3. The highest BCUT2D eigenvalue weighted by Gasteiger charge is 2.16. The summed E-state index contributed by atoms with van der Waals surface area (Å²) < 4.78 is 44.1. The van der Waals surface area contributed by atoms with E-state index < -0.39 is 23.6 Å². The Morgan fingerprint density at radius 1 is 0.946 bits per heavy atom. The molecule has 1 heterocycles. The van der Waals surface area contributed by atoms with Gasteiger partial charge in [0.05, 0.1) is 23.4 Å². The molecule has 0 saturated carbocycles. The van der Waals surface area contributed by atoms with Crippen LogP contribution in [0.5, 0.6) is 17.2 Å². The van der Waals surface area contributed by atoms with Crippen molar-refractivity contribution in [2.75, 3.05) is 31.0 Å². The Bertz CT molecular complexity index is 1450. The maximum atomic E-state index is 14.7. The SMILES string of the molecule is COCCOc1cc2nccc(Oc3ccc(NC(=O)Nc4ccc(F)cc4)c(F)c3)c2cc1C(N)=O. The van der Waals surface area contributed by atoms with E-state index in [1.807, 2.05) is 0 Å². The van der Waals surface area contributed by atoms with Crippen molar-refractivity contribution in [2.24, 2.45) is 5.73 Å². The lowest BCUT2D eigenvalue weighted by atomic mass is 10.1. The van der Waals surface area contributed by atoms with Gasteiger partial charge >= 0.3 is 6.03 Å². The number of methoxy groups -OCH3 is 1. The van der Waals surface area contributed by atoms with Gasteiger partial charge in [-0.2, -0.15) is 0 Å². The van der Waals surface area contributed by atoms with Crippen LogP contribution in [0.2, 0.25) is 0 Å². The van der Waals surface area contributed by atoms with Gasteiger partial charge in [-0.15, -0.1) is 0 Å². The lowest BCUT2D eigenvalue weighted by Gasteiger charge is -2.14. The Morgan fingerprint density at radius 2 is 1.73 bits per heavy atom. The number of anilines is 2. The van der Waals surface area contributed by atoms with Crippen molar-refractivity contribution in [3.8, 4) is 17.2 Å². The largest absolute Gasteiger partial charge is 0.490 e. The lowest BCUT2D eigenvalue weighted by Crippen LogP contribution is -2.20. The predicted octanol–water partition coefficient (Wildman–Crippen LogP) is 5.07. The van der Waals surface area contributed by atoms with E-state index in [-0.39, 0.29) is 29.4 Å². The molecule has 11 heteroatoms. The highest BCUT2D eigenvalue weighted by molar-refractivity contribution is 6.01. The van der Waals surface area contributed by atoms with Crippen molar-refractivity contribution in [3.05, 3.63) is 84.1 Å². The number of nitrogens with two attached hydrogens (primary N) is 1. The van der Waals surface area contributed by atoms with Gasteiger partial charge in [0.1, 0.15) is 35.5 Å². The van der Waals surface area contributed by atoms with Crippen LogP contribution in [0.1, 0.15) is 10.4 Å². The molecule has 0 atom stereocenters. The number of benzene rings is 3. The Balaban J connectivity index is 1.53. The van der Waals surface area contributed by atoms with Crippen LogP contribution >= 0.6 is 0 Å². The Labute approximate surface area is 210 Å². The van der Waals surface area contributed by atoms with Crippen LogP contribution in [0.25, 0.3) is 10.9 Å². The summed E-state index contributed by atoms with van der Waals surface area (Å²) in [6, 6.07) is 12.9. The average molecular weight is 508 g/mol. The number of halogens is 2. The van der Waals surface area contributed by atoms with Crippen LogP contribution < -0.4 is 25.8 Å². The number of pyridine rings is 1. The number of hydrogen-bond acceptors (Lipinski definition) is 6. The third-order valence-corrected chi connectivity index (χ3v) is 5.13. The Hall–Kier alpha value is -4.77. The van der Waals surface area contributed by atoms with Gasteiger partial charge in [-0.3, -0.25) is 9.78 Å². The zero-order valence-electron chi connectivity index (χ0n) is 19.6. The van der Waals surface area contributed by atoms with E-state index in [0.717, 1.165) is 6.07 Å². The summed E-state index contributed by atoms with van der Waals surface area (Å²) in [5, 5.41) is 5.32. The fraction of sp³-hybridized carbons (Fsp3) is 0.115. The molecule has 190 valence electrons. The lowest BCUT2D eigenvalue weighted by molar-refractivity contribution is 0.0992. The van der Waals surface area contributed by atoms with Crippen LogP contribution in [0.15, 0.2) is 66.9 Å². The van der Waals surface area contributed by atoms with Crippen molar-refractivity contribution in [2.45, 2.75) is 0 Å². The normalized spacial score (nSPS) is 10.7. The van der Waals surface area contributed by atoms with Crippen molar-refractivity contribution >= 4 is 34.2 Å². The van der Waals surface area contributed by atoms with E-state index in [1.54, 1.807) is 12.1 Å². The molecule has 0 saturated heterocycles. The maximum Gasteiger partial charge on any atom is 0.323 e. The first-order chi connectivity index (χ1) is 17.8. The van der Waals surface area contributed by atoms with Crippen LogP contribution in [0.3, 0.4) is 0 Å². The molecule has 0 fully saturated rings. The van der Waals surface area contributed by atoms with Gasteiger partial charge in [0, 0.05) is 36.5 Å². The monoisotopic (exact) mass is 508 g/mol. The molecule has 0 spiro atoms. The second-order valence-electron chi connectivity index (χ2n) is 7.71. The van der Waals surface area contributed by atoms with Crippen molar-refractivity contribution in [1.29, 1.82) is 0 Å². The van der Waals surface area contributed by atoms with Gasteiger partial charge < -0.3 is 30.6 Å². The Kier molecular flexibility index (Phi) is 7.74. The summed E-state index contributed by atoms with van der Waals surface area (Å²) in [7, 11) is 1.53. The summed E-state index contributed by atoms with van der Waals surface area (Å²) in [5.41, 5.74) is 6.36. The molecule has 4 aromatic rings. The molecule has 3 aromatic carbocycles. The summed E-state index contributed by atoms with van der Waals surface area (Å²) in [5.74, 6) is -1.22. The number of urea groups is 1. The highest BCUT2D eigenvalue weighted by atomic mass is 19.1. The number of hydrogen-bond donors (Lipinski definition) is 3. The molecule has 0 aliphatic rings. The number of rotatable bonds is 9. The van der Waals surface area contributed by atoms with Crippen LogP contribution in [-0.4, -0.2) is 37.2 Å². The van der Waals surface area contributed by atoms with Gasteiger partial charge in [0.25, 0.3) is 5.91 Å². The third kappa shape index (κ3) is 6.27. The number of primary amides is 1. The van der Waals surface area contributed by atoms with Crippen LogP contribution in [0, 0.1) is 11.6 Å². The minimum Gasteiger partial charge on any atom is -0.490 e. The van der Waals surface area contributed by atoms with Crippen molar-refractivity contribution < 1.29 is 32.6 Å². The molecule has 0 aliphatic carbocycles. The number of carbonyl (C=O) groups is 2. The topological polar surface area (TPSA) is 125 Å². The molecule has 4 rings (SSSR count). The number of nitrogens with zero attached hydrogens (tertiary/aromatic N) is 1. The van der Waals surface area contributed by atoms with Crippen molar-refractivity contribution in [3.63, 3.8) is 0 Å². The standard InChI is InChI=1S/C26H22F2N4O5/c1-35-10-11-36-24-14-22-18(13-19(24)25(29)33)23(8-9-30-22)37-17-6-7-21(20(28)12-17)32-26(34)31-16-4-2-15(27)3-5-16/h2-9,12-14H,10-11H2,1H3,(H2,29,33)(H2,31,32,34). The zero-order chi connectivity index (χ0) is 26.4. The van der Waals surface area contributed by atoms with Gasteiger partial charge in [0.2, 0.25) is 0 Å². The number of aromatic nitrogens is 1. The fourth-order valence-corrected chi connectivity index (χ4v) is 3.39. The van der Waals surface area contributed by atoms with E-state index in [9.17, 15) is 18.4 Å². The van der Waals surface area contributed by atoms with E-state index in [0.29, 0.717) is 28.9 Å². The molecule has 0 unspecified atom stereocenters. The molecule has 0 radical (unpaired) electrons. The molecule has 4 N–H and O–H groups in total. The third-order valence-electron chi connectivity index (χ3n) is 5.13. The number of carbonyl (C=O) groups excluding carboxylic acids is 2. The smallest absolute Gasteiger partial charge is 0.323 e. The van der Waals surface area contributed by atoms with E-state index in [1.165, 1.54) is 55.8 Å². The molecular weight excluding hydrogens is 486 g/mol.